The number of likely N-dealkylation sites (N-methyl/N-ethyl adjacent to an activating group) is 1. The second-order valence-corrected chi connectivity index (χ2v) is 11.2. The zero-order valence-electron chi connectivity index (χ0n) is 25.8. The fourth-order valence-electron chi connectivity index (χ4n) is 5.83. The number of fused-ring (bicyclic) bond motifs is 1. The van der Waals surface area contributed by atoms with Crippen LogP contribution in [0.5, 0.6) is 5.75 Å². The van der Waals surface area contributed by atoms with Gasteiger partial charge in [-0.15, -0.1) is 0 Å². The molecule has 6 rings (SSSR count). The highest BCUT2D eigenvalue weighted by Crippen LogP contribution is 2.36. The number of hydrogen-bond donors (Lipinski definition) is 5. The van der Waals surface area contributed by atoms with Crippen LogP contribution in [0.3, 0.4) is 0 Å². The van der Waals surface area contributed by atoms with Crippen LogP contribution in [0, 0.1) is 0 Å². The molecule has 0 bridgehead atoms. The van der Waals surface area contributed by atoms with E-state index in [1.54, 1.807) is 4.57 Å². The Morgan fingerprint density at radius 2 is 1.72 bits per heavy atom. The predicted molar refractivity (Wildman–Crippen MR) is 178 cm³/mol. The van der Waals surface area contributed by atoms with Crippen LogP contribution >= 0.6 is 0 Å². The molecule has 11 nitrogen and oxygen atoms in total. The van der Waals surface area contributed by atoms with Gasteiger partial charge in [-0.25, -0.2) is 4.98 Å². The summed E-state index contributed by atoms with van der Waals surface area (Å²) >= 11 is 0. The first kappa shape index (κ1) is 31.2. The number of imidazole rings is 1. The summed E-state index contributed by atoms with van der Waals surface area (Å²) in [5.74, 6) is 1.05. The van der Waals surface area contributed by atoms with Crippen LogP contribution in [0.2, 0.25) is 0 Å². The second-order valence-electron chi connectivity index (χ2n) is 11.2. The molecule has 46 heavy (non-hydrogen) atoms. The Bertz CT molecular complexity index is 1840. The average molecular weight is 623 g/mol. The lowest BCUT2D eigenvalue weighted by Crippen LogP contribution is -2.24. The van der Waals surface area contributed by atoms with E-state index >= 15 is 0 Å². The molecular formula is C35H38N6O5. The second kappa shape index (κ2) is 14.1. The van der Waals surface area contributed by atoms with Crippen LogP contribution in [-0.4, -0.2) is 74.8 Å². The summed E-state index contributed by atoms with van der Waals surface area (Å²) in [6, 6.07) is 28.1. The van der Waals surface area contributed by atoms with Crippen molar-refractivity contribution in [1.82, 2.24) is 24.8 Å². The van der Waals surface area contributed by atoms with Crippen LogP contribution in [-0.2, 0) is 4.74 Å². The number of hydrogen-bond acceptors (Lipinski definition) is 9. The van der Waals surface area contributed by atoms with Crippen molar-refractivity contribution in [2.24, 2.45) is 0 Å². The highest BCUT2D eigenvalue weighted by atomic mass is 16.5. The third-order valence-corrected chi connectivity index (χ3v) is 8.09. The number of rotatable bonds is 12. The van der Waals surface area contributed by atoms with Crippen LogP contribution in [0.25, 0.3) is 22.3 Å². The molecule has 2 aromatic heterocycles. The molecule has 0 aliphatic carbocycles. The van der Waals surface area contributed by atoms with Gasteiger partial charge in [0, 0.05) is 13.0 Å². The largest absolute Gasteiger partial charge is 0.492 e. The zero-order valence-corrected chi connectivity index (χ0v) is 25.8. The molecule has 0 radical (unpaired) electrons. The van der Waals surface area contributed by atoms with Crippen molar-refractivity contribution >= 4 is 28.3 Å². The Morgan fingerprint density at radius 3 is 2.37 bits per heavy atom. The first-order valence-corrected chi connectivity index (χ1v) is 15.4. The Balaban J connectivity index is 1.42. The molecule has 3 aromatic carbocycles. The molecular weight excluding hydrogens is 584 g/mol. The summed E-state index contributed by atoms with van der Waals surface area (Å²) in [5.41, 5.74) is 5.13. The molecule has 5 aromatic rings. The van der Waals surface area contributed by atoms with Crippen molar-refractivity contribution in [3.8, 4) is 5.75 Å². The Hall–Kier alpha value is -4.81. The molecule has 0 amide bonds. The standard InChI is InChI=1S/C35H38N6O5/c1-22(38-35-39-33-32(34(44)40-35)37-21-41(33)29-19-27(43)28(20-42)46-29)30(23-9-5-3-6-10-23)31(24-11-7-4-8-12-24)25-13-15-26(16-14-25)45-18-17-36-2/h3-16,21-22,27-29,36,42-43H,17-20H2,1-2H3,(H2,38,39,40,44)/b31-30-/t22?,27-,28+,29+/m0/s1. The van der Waals surface area contributed by atoms with Gasteiger partial charge >= 0.3 is 0 Å². The van der Waals surface area contributed by atoms with Crippen molar-refractivity contribution in [2.45, 2.75) is 37.8 Å². The smallest absolute Gasteiger partial charge is 0.280 e. The van der Waals surface area contributed by atoms with Gasteiger partial charge in [-0.1, -0.05) is 72.8 Å². The van der Waals surface area contributed by atoms with E-state index in [1.165, 1.54) is 6.33 Å². The van der Waals surface area contributed by atoms with Gasteiger partial charge < -0.3 is 30.3 Å². The molecule has 1 aliphatic rings. The lowest BCUT2D eigenvalue weighted by molar-refractivity contribution is -0.0432. The summed E-state index contributed by atoms with van der Waals surface area (Å²) in [6.07, 6.45) is -0.453. The fraction of sp³-hybridized carbons (Fsp3) is 0.286. The molecule has 1 saturated heterocycles. The molecule has 11 heteroatoms. The van der Waals surface area contributed by atoms with E-state index in [0.29, 0.717) is 12.3 Å². The summed E-state index contributed by atoms with van der Waals surface area (Å²) < 4.78 is 13.3. The molecule has 0 spiro atoms. The average Bonchev–Trinajstić information content (AvgIpc) is 3.68. The van der Waals surface area contributed by atoms with E-state index in [4.69, 9.17) is 14.5 Å². The quantitative estimate of drug-likeness (QED) is 0.104. The van der Waals surface area contributed by atoms with Crippen LogP contribution in [0.1, 0.15) is 36.3 Å². The summed E-state index contributed by atoms with van der Waals surface area (Å²) in [6.45, 7) is 3.04. The maximum atomic E-state index is 13.2. The first-order valence-electron chi connectivity index (χ1n) is 15.4. The van der Waals surface area contributed by atoms with E-state index in [1.807, 2.05) is 62.5 Å². The number of aliphatic hydroxyl groups is 2. The molecule has 1 fully saturated rings. The summed E-state index contributed by atoms with van der Waals surface area (Å²) in [4.78, 5) is 25.0. The van der Waals surface area contributed by atoms with Crippen LogP contribution < -0.4 is 20.9 Å². The van der Waals surface area contributed by atoms with Crippen LogP contribution in [0.15, 0.2) is 96.1 Å². The maximum absolute atomic E-state index is 13.2. The fourth-order valence-corrected chi connectivity index (χ4v) is 5.83. The SMILES string of the molecule is CNCCOc1ccc(/C(=C(\c2ccccc2)C(C)Nc2nc3c(ncn3[C@H]3C[C@H](O)[C@@H](CO)O3)c(=O)[nH]2)c2ccccc2)cc1. The molecule has 0 saturated carbocycles. The Kier molecular flexibility index (Phi) is 9.55. The lowest BCUT2D eigenvalue weighted by atomic mass is 9.86. The van der Waals surface area contributed by atoms with E-state index in [0.717, 1.165) is 40.1 Å². The number of H-pyrrole nitrogens is 1. The number of nitrogens with one attached hydrogen (secondary N) is 3. The normalized spacial score (nSPS) is 19.2. The number of aliphatic hydroxyl groups excluding tert-OH is 2. The van der Waals surface area contributed by atoms with Crippen molar-refractivity contribution in [3.05, 3.63) is 118 Å². The molecule has 1 unspecified atom stereocenters. The number of ether oxygens (including phenoxy) is 2. The highest BCUT2D eigenvalue weighted by Gasteiger charge is 2.35. The summed E-state index contributed by atoms with van der Waals surface area (Å²) in [5, 5.41) is 26.4. The van der Waals surface area contributed by atoms with E-state index in [-0.39, 0.29) is 30.5 Å². The monoisotopic (exact) mass is 622 g/mol. The third kappa shape index (κ3) is 6.58. The van der Waals surface area contributed by atoms with Gasteiger partial charge in [0.25, 0.3) is 5.56 Å². The minimum absolute atomic E-state index is 0.157. The van der Waals surface area contributed by atoms with E-state index in [9.17, 15) is 15.0 Å². The number of anilines is 1. The third-order valence-electron chi connectivity index (χ3n) is 8.09. The van der Waals surface area contributed by atoms with Crippen molar-refractivity contribution in [1.29, 1.82) is 0 Å². The van der Waals surface area contributed by atoms with Gasteiger partial charge in [-0.05, 0) is 53.9 Å². The number of benzene rings is 3. The highest BCUT2D eigenvalue weighted by molar-refractivity contribution is 6.00. The Morgan fingerprint density at radius 1 is 1.04 bits per heavy atom. The minimum atomic E-state index is -0.837. The molecule has 5 N–H and O–H groups in total. The molecule has 1 aliphatic heterocycles. The zero-order chi connectivity index (χ0) is 32.0. The number of aromatic nitrogens is 4. The van der Waals surface area contributed by atoms with Gasteiger partial charge in [-0.3, -0.25) is 14.3 Å². The molecule has 238 valence electrons. The van der Waals surface area contributed by atoms with Gasteiger partial charge in [0.1, 0.15) is 24.7 Å². The lowest BCUT2D eigenvalue weighted by Gasteiger charge is -2.24. The number of nitrogens with zero attached hydrogens (tertiary/aromatic N) is 3. The van der Waals surface area contributed by atoms with Gasteiger partial charge in [0.15, 0.2) is 11.2 Å². The first-order chi connectivity index (χ1) is 22.5. The van der Waals surface area contributed by atoms with E-state index < -0.39 is 24.0 Å². The maximum Gasteiger partial charge on any atom is 0.280 e. The van der Waals surface area contributed by atoms with Crippen molar-refractivity contribution in [2.75, 3.05) is 32.1 Å². The Labute approximate surface area is 266 Å². The van der Waals surface area contributed by atoms with Gasteiger partial charge in [-0.2, -0.15) is 4.98 Å². The number of aromatic amines is 1. The van der Waals surface area contributed by atoms with Crippen molar-refractivity contribution in [3.63, 3.8) is 0 Å². The van der Waals surface area contributed by atoms with Gasteiger partial charge in [0.05, 0.1) is 25.1 Å². The predicted octanol–water partition coefficient (Wildman–Crippen LogP) is 3.82. The topological polar surface area (TPSA) is 147 Å². The molecule has 3 heterocycles. The molecule has 4 atom stereocenters. The summed E-state index contributed by atoms with van der Waals surface area (Å²) in [7, 11) is 1.89. The van der Waals surface area contributed by atoms with E-state index in [2.05, 4.69) is 57.0 Å². The van der Waals surface area contributed by atoms with Crippen molar-refractivity contribution < 1.29 is 19.7 Å². The van der Waals surface area contributed by atoms with Crippen LogP contribution in [0.4, 0.5) is 5.95 Å². The minimum Gasteiger partial charge on any atom is -0.492 e. The van der Waals surface area contributed by atoms with Gasteiger partial charge in [0.2, 0.25) is 5.95 Å².